The summed E-state index contributed by atoms with van der Waals surface area (Å²) in [6.45, 7) is 9.30. The van der Waals surface area contributed by atoms with Crippen LogP contribution < -0.4 is 4.90 Å². The average Bonchev–Trinajstić information content (AvgIpc) is 2.67. The normalized spacial score (nSPS) is 20.0. The Morgan fingerprint density at radius 1 is 1.25 bits per heavy atom. The van der Waals surface area contributed by atoms with E-state index in [-0.39, 0.29) is 5.54 Å². The maximum absolute atomic E-state index is 2.64. The van der Waals surface area contributed by atoms with Gasteiger partial charge in [0.15, 0.2) is 0 Å². The Morgan fingerprint density at radius 2 is 1.94 bits per heavy atom. The topological polar surface area (TPSA) is 3.24 Å². The Bertz CT molecular complexity index is 367. The van der Waals surface area contributed by atoms with Gasteiger partial charge in [0.1, 0.15) is 0 Å². The number of rotatable bonds is 3. The summed E-state index contributed by atoms with van der Waals surface area (Å²) in [6, 6.07) is 9.57. The van der Waals surface area contributed by atoms with Crippen LogP contribution in [0.25, 0.3) is 0 Å². The zero-order valence-corrected chi connectivity index (χ0v) is 11.0. The van der Waals surface area contributed by atoms with Crippen molar-refractivity contribution in [2.45, 2.75) is 58.5 Å². The van der Waals surface area contributed by atoms with Gasteiger partial charge in [-0.2, -0.15) is 0 Å². The molecule has 0 saturated heterocycles. The van der Waals surface area contributed by atoms with Gasteiger partial charge in [0.25, 0.3) is 0 Å². The molecular formula is C15H23N. The summed E-state index contributed by atoms with van der Waals surface area (Å²) in [7, 11) is 0. The molecule has 0 N–H and O–H groups in total. The largest absolute Gasteiger partial charge is 0.363 e. The molecule has 0 fully saturated rings. The second-order valence-electron chi connectivity index (χ2n) is 5.43. The average molecular weight is 217 g/mol. The van der Waals surface area contributed by atoms with Crippen LogP contribution in [0.5, 0.6) is 0 Å². The van der Waals surface area contributed by atoms with Crippen molar-refractivity contribution < 1.29 is 0 Å². The van der Waals surface area contributed by atoms with Gasteiger partial charge in [-0.15, -0.1) is 0 Å². The fourth-order valence-corrected chi connectivity index (χ4v) is 2.78. The van der Waals surface area contributed by atoms with Crippen LogP contribution in [0.2, 0.25) is 0 Å². The summed E-state index contributed by atoms with van der Waals surface area (Å²) in [5, 5.41) is 0. The third kappa shape index (κ3) is 1.73. The van der Waals surface area contributed by atoms with Crippen molar-refractivity contribution in [3.63, 3.8) is 0 Å². The molecule has 88 valence electrons. The van der Waals surface area contributed by atoms with Crippen LogP contribution in [0.3, 0.4) is 0 Å². The summed E-state index contributed by atoms with van der Waals surface area (Å²) in [6.07, 6.45) is 3.64. The smallest absolute Gasteiger partial charge is 0.0406 e. The molecule has 1 aliphatic rings. The minimum atomic E-state index is 0.271. The van der Waals surface area contributed by atoms with E-state index in [9.17, 15) is 0 Å². The lowest BCUT2D eigenvalue weighted by molar-refractivity contribution is 0.402. The van der Waals surface area contributed by atoms with Crippen LogP contribution in [0, 0.1) is 0 Å². The first-order valence-electron chi connectivity index (χ1n) is 6.47. The van der Waals surface area contributed by atoms with Crippen molar-refractivity contribution in [2.75, 3.05) is 4.90 Å². The highest BCUT2D eigenvalue weighted by molar-refractivity contribution is 5.61. The van der Waals surface area contributed by atoms with Crippen molar-refractivity contribution in [2.24, 2.45) is 0 Å². The van der Waals surface area contributed by atoms with E-state index in [2.05, 4.69) is 56.9 Å². The van der Waals surface area contributed by atoms with Gasteiger partial charge in [-0.1, -0.05) is 32.0 Å². The number of benzene rings is 1. The zero-order valence-electron chi connectivity index (χ0n) is 11.0. The fraction of sp³-hybridized carbons (Fsp3) is 0.600. The van der Waals surface area contributed by atoms with Crippen molar-refractivity contribution in [1.82, 2.24) is 0 Å². The first-order valence-corrected chi connectivity index (χ1v) is 6.47. The molecule has 0 radical (unpaired) electrons. The van der Waals surface area contributed by atoms with Crippen molar-refractivity contribution >= 4 is 5.69 Å². The van der Waals surface area contributed by atoms with Crippen LogP contribution in [-0.4, -0.2) is 11.6 Å². The third-order valence-corrected chi connectivity index (χ3v) is 4.06. The van der Waals surface area contributed by atoms with Gasteiger partial charge < -0.3 is 4.90 Å². The molecule has 0 aromatic heterocycles. The number of nitrogens with zero attached hydrogens (tertiary/aromatic N) is 1. The zero-order chi connectivity index (χ0) is 11.8. The van der Waals surface area contributed by atoms with Gasteiger partial charge in [0, 0.05) is 17.3 Å². The van der Waals surface area contributed by atoms with Gasteiger partial charge in [-0.05, 0) is 44.7 Å². The number of hydrogen-bond acceptors (Lipinski definition) is 1. The Kier molecular flexibility index (Phi) is 2.96. The SMILES string of the molecule is CCC1Cc2ccccc2N1C(C)(C)CC. The Hall–Kier alpha value is -0.980. The van der Waals surface area contributed by atoms with Crippen LogP contribution in [0.15, 0.2) is 24.3 Å². The van der Waals surface area contributed by atoms with Gasteiger partial charge in [0.2, 0.25) is 0 Å². The van der Waals surface area contributed by atoms with E-state index >= 15 is 0 Å². The molecule has 0 spiro atoms. The Balaban J connectivity index is 2.42. The molecule has 1 heterocycles. The molecule has 0 aliphatic carbocycles. The van der Waals surface area contributed by atoms with Gasteiger partial charge >= 0.3 is 0 Å². The summed E-state index contributed by atoms with van der Waals surface area (Å²) < 4.78 is 0. The van der Waals surface area contributed by atoms with Gasteiger partial charge in [-0.3, -0.25) is 0 Å². The first kappa shape index (κ1) is 11.5. The second-order valence-corrected chi connectivity index (χ2v) is 5.43. The molecule has 1 aromatic carbocycles. The number of para-hydroxylation sites is 1. The van der Waals surface area contributed by atoms with Crippen molar-refractivity contribution in [3.05, 3.63) is 29.8 Å². The number of anilines is 1. The monoisotopic (exact) mass is 217 g/mol. The third-order valence-electron chi connectivity index (χ3n) is 4.06. The Morgan fingerprint density at radius 3 is 2.56 bits per heavy atom. The van der Waals surface area contributed by atoms with Crippen LogP contribution in [-0.2, 0) is 6.42 Å². The van der Waals surface area contributed by atoms with E-state index in [0.717, 1.165) is 0 Å². The Labute approximate surface area is 99.5 Å². The molecule has 0 bridgehead atoms. The van der Waals surface area contributed by atoms with Crippen LogP contribution >= 0.6 is 0 Å². The molecule has 1 nitrogen and oxygen atoms in total. The predicted molar refractivity (Wildman–Crippen MR) is 71.1 cm³/mol. The fourth-order valence-electron chi connectivity index (χ4n) is 2.78. The standard InChI is InChI=1S/C15H23N/c1-5-13-11-12-9-7-8-10-14(12)16(13)15(3,4)6-2/h7-10,13H,5-6,11H2,1-4H3. The minimum absolute atomic E-state index is 0.271. The van der Waals surface area contributed by atoms with Crippen LogP contribution in [0.1, 0.15) is 46.1 Å². The first-order chi connectivity index (χ1) is 7.60. The predicted octanol–water partition coefficient (Wildman–Crippen LogP) is 4.02. The van der Waals surface area contributed by atoms with Crippen molar-refractivity contribution in [3.8, 4) is 0 Å². The summed E-state index contributed by atoms with van der Waals surface area (Å²) in [5.41, 5.74) is 3.25. The van der Waals surface area contributed by atoms with E-state index in [1.165, 1.54) is 30.5 Å². The molecule has 1 aliphatic heterocycles. The molecule has 0 amide bonds. The lowest BCUT2D eigenvalue weighted by Crippen LogP contribution is -2.47. The molecule has 1 heteroatoms. The van der Waals surface area contributed by atoms with Gasteiger partial charge in [-0.25, -0.2) is 0 Å². The lowest BCUT2D eigenvalue weighted by atomic mass is 9.97. The van der Waals surface area contributed by atoms with E-state index in [1.54, 1.807) is 0 Å². The van der Waals surface area contributed by atoms with E-state index < -0.39 is 0 Å². The van der Waals surface area contributed by atoms with E-state index in [1.807, 2.05) is 0 Å². The second kappa shape index (κ2) is 4.12. The molecular weight excluding hydrogens is 194 g/mol. The molecule has 1 aromatic rings. The molecule has 0 saturated carbocycles. The van der Waals surface area contributed by atoms with Crippen molar-refractivity contribution in [1.29, 1.82) is 0 Å². The number of hydrogen-bond donors (Lipinski definition) is 0. The molecule has 1 atom stereocenters. The molecule has 16 heavy (non-hydrogen) atoms. The highest BCUT2D eigenvalue weighted by atomic mass is 15.2. The van der Waals surface area contributed by atoms with Crippen LogP contribution in [0.4, 0.5) is 5.69 Å². The molecule has 1 unspecified atom stereocenters. The molecule has 2 rings (SSSR count). The highest BCUT2D eigenvalue weighted by Gasteiger charge is 2.36. The van der Waals surface area contributed by atoms with E-state index in [4.69, 9.17) is 0 Å². The minimum Gasteiger partial charge on any atom is -0.363 e. The quantitative estimate of drug-likeness (QED) is 0.739. The number of fused-ring (bicyclic) bond motifs is 1. The highest BCUT2D eigenvalue weighted by Crippen LogP contribution is 2.39. The summed E-state index contributed by atoms with van der Waals surface area (Å²) >= 11 is 0. The van der Waals surface area contributed by atoms with Gasteiger partial charge in [0.05, 0.1) is 0 Å². The summed E-state index contributed by atoms with van der Waals surface area (Å²) in [5.74, 6) is 0. The maximum Gasteiger partial charge on any atom is 0.0406 e. The lowest BCUT2D eigenvalue weighted by Gasteiger charge is -2.41. The summed E-state index contributed by atoms with van der Waals surface area (Å²) in [4.78, 5) is 2.64. The maximum atomic E-state index is 2.64. The van der Waals surface area contributed by atoms with E-state index in [0.29, 0.717) is 6.04 Å².